The predicted molar refractivity (Wildman–Crippen MR) is 116 cm³/mol. The first kappa shape index (κ1) is 22.8. The van der Waals surface area contributed by atoms with Crippen molar-refractivity contribution in [3.8, 4) is 5.75 Å². The minimum atomic E-state index is -0.494. The van der Waals surface area contributed by atoms with Crippen LogP contribution in [-0.2, 0) is 16.1 Å². The van der Waals surface area contributed by atoms with Crippen LogP contribution in [0.15, 0.2) is 48.5 Å². The molecule has 5 nitrogen and oxygen atoms in total. The molecule has 0 heterocycles. The monoisotopic (exact) mass is 416 g/mol. The lowest BCUT2D eigenvalue weighted by Crippen LogP contribution is -2.48. The molecule has 29 heavy (non-hydrogen) atoms. The maximum atomic E-state index is 13.0. The average Bonchev–Trinajstić information content (AvgIpc) is 2.73. The Labute approximate surface area is 178 Å². The van der Waals surface area contributed by atoms with Gasteiger partial charge in [0.1, 0.15) is 11.8 Å². The molecule has 0 spiro atoms. The van der Waals surface area contributed by atoms with Crippen molar-refractivity contribution in [3.63, 3.8) is 0 Å². The number of ether oxygens (including phenoxy) is 1. The third-order valence-corrected chi connectivity index (χ3v) is 4.98. The van der Waals surface area contributed by atoms with E-state index in [1.807, 2.05) is 38.1 Å². The molecule has 6 heteroatoms. The summed E-state index contributed by atoms with van der Waals surface area (Å²) in [4.78, 5) is 27.0. The number of benzene rings is 2. The molecule has 2 aromatic carbocycles. The minimum absolute atomic E-state index is 0.0549. The minimum Gasteiger partial charge on any atom is -0.494 e. The van der Waals surface area contributed by atoms with E-state index in [0.717, 1.165) is 16.9 Å². The predicted octanol–water partition coefficient (Wildman–Crippen LogP) is 4.36. The maximum absolute atomic E-state index is 13.0. The number of aryl methyl sites for hydroxylation is 1. The summed E-state index contributed by atoms with van der Waals surface area (Å²) in [5, 5.41) is 3.32. The van der Waals surface area contributed by atoms with Crippen LogP contribution in [0.4, 0.5) is 0 Å². The lowest BCUT2D eigenvalue weighted by molar-refractivity contribution is -0.141. The van der Waals surface area contributed by atoms with Crippen LogP contribution >= 0.6 is 11.6 Å². The van der Waals surface area contributed by atoms with Crippen LogP contribution in [-0.4, -0.2) is 36.4 Å². The van der Waals surface area contributed by atoms with Crippen LogP contribution in [0.3, 0.4) is 0 Å². The molecule has 156 valence electrons. The second kappa shape index (κ2) is 11.5. The Hall–Kier alpha value is -2.53. The molecule has 2 amide bonds. The van der Waals surface area contributed by atoms with E-state index in [1.165, 1.54) is 0 Å². The van der Waals surface area contributed by atoms with Gasteiger partial charge in [-0.1, -0.05) is 48.4 Å². The van der Waals surface area contributed by atoms with Gasteiger partial charge >= 0.3 is 0 Å². The van der Waals surface area contributed by atoms with Crippen LogP contribution < -0.4 is 10.1 Å². The van der Waals surface area contributed by atoms with E-state index in [9.17, 15) is 9.59 Å². The Balaban J connectivity index is 1.99. The van der Waals surface area contributed by atoms with E-state index in [1.54, 1.807) is 36.2 Å². The van der Waals surface area contributed by atoms with Gasteiger partial charge in [0.15, 0.2) is 0 Å². The van der Waals surface area contributed by atoms with Gasteiger partial charge in [0, 0.05) is 25.0 Å². The molecule has 1 N–H and O–H groups in total. The largest absolute Gasteiger partial charge is 0.494 e. The second-order valence-corrected chi connectivity index (χ2v) is 7.39. The van der Waals surface area contributed by atoms with E-state index in [4.69, 9.17) is 16.3 Å². The number of nitrogens with one attached hydrogen (secondary N) is 1. The number of halogens is 1. The number of amides is 2. The lowest BCUT2D eigenvalue weighted by Gasteiger charge is -2.30. The van der Waals surface area contributed by atoms with Gasteiger partial charge in [-0.3, -0.25) is 9.59 Å². The first-order chi connectivity index (χ1) is 13.9. The Morgan fingerprint density at radius 3 is 2.34 bits per heavy atom. The number of likely N-dealkylation sites (N-methyl/N-ethyl adjacent to an activating group) is 1. The summed E-state index contributed by atoms with van der Waals surface area (Å²) >= 11 is 5.87. The highest BCUT2D eigenvalue weighted by molar-refractivity contribution is 6.30. The van der Waals surface area contributed by atoms with Crippen molar-refractivity contribution in [2.24, 2.45) is 0 Å². The van der Waals surface area contributed by atoms with Crippen molar-refractivity contribution in [2.75, 3.05) is 13.7 Å². The molecule has 0 saturated heterocycles. The number of hydrogen-bond acceptors (Lipinski definition) is 3. The molecular weight excluding hydrogens is 388 g/mol. The number of rotatable bonds is 10. The van der Waals surface area contributed by atoms with Crippen LogP contribution in [0.1, 0.15) is 37.3 Å². The third-order valence-electron chi connectivity index (χ3n) is 4.72. The standard InChI is InChI=1S/C23H29ClN2O3/c1-4-21(23(28)25-3)26(16-18-9-7-17(2)8-10-18)22(27)6-5-15-29-20-13-11-19(24)12-14-20/h7-14,21H,4-6,15-16H2,1-3H3,(H,25,28). The Bertz CT molecular complexity index is 791. The van der Waals surface area contributed by atoms with E-state index in [2.05, 4.69) is 5.32 Å². The molecule has 0 aliphatic heterocycles. The molecule has 0 aromatic heterocycles. The molecule has 2 rings (SSSR count). The van der Waals surface area contributed by atoms with E-state index in [-0.39, 0.29) is 11.8 Å². The van der Waals surface area contributed by atoms with Crippen molar-refractivity contribution >= 4 is 23.4 Å². The highest BCUT2D eigenvalue weighted by Gasteiger charge is 2.27. The summed E-state index contributed by atoms with van der Waals surface area (Å²) in [6.07, 6.45) is 1.43. The summed E-state index contributed by atoms with van der Waals surface area (Å²) in [6.45, 7) is 4.76. The van der Waals surface area contributed by atoms with Gasteiger partial charge in [0.05, 0.1) is 6.61 Å². The summed E-state index contributed by atoms with van der Waals surface area (Å²) < 4.78 is 5.67. The number of hydrogen-bond donors (Lipinski definition) is 1. The molecule has 0 saturated carbocycles. The summed E-state index contributed by atoms with van der Waals surface area (Å²) in [5.74, 6) is 0.515. The Morgan fingerprint density at radius 2 is 1.76 bits per heavy atom. The van der Waals surface area contributed by atoms with Crippen LogP contribution in [0.5, 0.6) is 5.75 Å². The fourth-order valence-electron chi connectivity index (χ4n) is 3.06. The fraction of sp³-hybridized carbons (Fsp3) is 0.391. The average molecular weight is 417 g/mol. The highest BCUT2D eigenvalue weighted by Crippen LogP contribution is 2.17. The van der Waals surface area contributed by atoms with Crippen LogP contribution in [0.25, 0.3) is 0 Å². The van der Waals surface area contributed by atoms with Gasteiger partial charge in [-0.25, -0.2) is 0 Å². The molecule has 2 aromatic rings. The van der Waals surface area contributed by atoms with Gasteiger partial charge in [-0.15, -0.1) is 0 Å². The first-order valence-electron chi connectivity index (χ1n) is 9.89. The molecule has 0 fully saturated rings. The first-order valence-corrected chi connectivity index (χ1v) is 10.3. The Kier molecular flexibility index (Phi) is 9.00. The SMILES string of the molecule is CCC(C(=O)NC)N(Cc1ccc(C)cc1)C(=O)CCCOc1ccc(Cl)cc1. The van der Waals surface area contributed by atoms with Gasteiger partial charge in [-0.05, 0) is 49.6 Å². The van der Waals surface area contributed by atoms with E-state index < -0.39 is 6.04 Å². The highest BCUT2D eigenvalue weighted by atomic mass is 35.5. The van der Waals surface area contributed by atoms with Crippen molar-refractivity contribution in [2.45, 2.75) is 45.7 Å². The van der Waals surface area contributed by atoms with Crippen molar-refractivity contribution < 1.29 is 14.3 Å². The van der Waals surface area contributed by atoms with Gasteiger partial charge in [-0.2, -0.15) is 0 Å². The van der Waals surface area contributed by atoms with Crippen molar-refractivity contribution in [1.29, 1.82) is 0 Å². The summed E-state index contributed by atoms with van der Waals surface area (Å²) in [7, 11) is 1.60. The van der Waals surface area contributed by atoms with Gasteiger partial charge < -0.3 is 15.0 Å². The molecule has 0 radical (unpaired) electrons. The summed E-state index contributed by atoms with van der Waals surface area (Å²) in [5.41, 5.74) is 2.16. The van der Waals surface area contributed by atoms with Crippen molar-refractivity contribution in [1.82, 2.24) is 10.2 Å². The van der Waals surface area contributed by atoms with Crippen LogP contribution in [0, 0.1) is 6.92 Å². The molecule has 1 unspecified atom stereocenters. The van der Waals surface area contributed by atoms with Gasteiger partial charge in [0.25, 0.3) is 0 Å². The maximum Gasteiger partial charge on any atom is 0.242 e. The zero-order chi connectivity index (χ0) is 21.2. The summed E-state index contributed by atoms with van der Waals surface area (Å²) in [6, 6.07) is 14.6. The van der Waals surface area contributed by atoms with Gasteiger partial charge in [0.2, 0.25) is 11.8 Å². The molecule has 0 aliphatic carbocycles. The molecule has 1 atom stereocenters. The second-order valence-electron chi connectivity index (χ2n) is 6.95. The molecule has 0 aliphatic rings. The topological polar surface area (TPSA) is 58.6 Å². The number of nitrogens with zero attached hydrogens (tertiary/aromatic N) is 1. The normalized spacial score (nSPS) is 11.6. The number of carbonyl (C=O) groups is 2. The van der Waals surface area contributed by atoms with Crippen LogP contribution in [0.2, 0.25) is 5.02 Å². The van der Waals surface area contributed by atoms with E-state index >= 15 is 0 Å². The molecule has 0 bridgehead atoms. The fourth-order valence-corrected chi connectivity index (χ4v) is 3.19. The zero-order valence-corrected chi connectivity index (χ0v) is 18.0. The third kappa shape index (κ3) is 7.09. The smallest absolute Gasteiger partial charge is 0.242 e. The zero-order valence-electron chi connectivity index (χ0n) is 17.3. The Morgan fingerprint density at radius 1 is 1.10 bits per heavy atom. The lowest BCUT2D eigenvalue weighted by atomic mass is 10.1. The van der Waals surface area contributed by atoms with Crippen molar-refractivity contribution in [3.05, 3.63) is 64.7 Å². The molecular formula is C23H29ClN2O3. The number of carbonyl (C=O) groups excluding carboxylic acids is 2. The van der Waals surface area contributed by atoms with E-state index in [0.29, 0.717) is 37.4 Å². The quantitative estimate of drug-likeness (QED) is 0.585.